The van der Waals surface area contributed by atoms with E-state index in [2.05, 4.69) is 279 Å². The third-order valence-corrected chi connectivity index (χ3v) is 13.8. The summed E-state index contributed by atoms with van der Waals surface area (Å²) in [4.78, 5) is 0. The highest BCUT2D eigenvalue weighted by atomic mass is 14.5. The fraction of sp³-hybridized carbons (Fsp3) is 0.0149. The van der Waals surface area contributed by atoms with Crippen molar-refractivity contribution >= 4 is 0 Å². The third kappa shape index (κ3) is 7.12. The zero-order valence-corrected chi connectivity index (χ0v) is 37.1. The van der Waals surface area contributed by atoms with Gasteiger partial charge in [-0.1, -0.05) is 249 Å². The van der Waals surface area contributed by atoms with Crippen molar-refractivity contribution in [2.45, 2.75) is 5.41 Å². The van der Waals surface area contributed by atoms with E-state index in [-0.39, 0.29) is 0 Å². The van der Waals surface area contributed by atoms with E-state index in [1.165, 1.54) is 111 Å². The molecule has 0 radical (unpaired) electrons. The average Bonchev–Trinajstić information content (AvgIpc) is 3.73. The summed E-state index contributed by atoms with van der Waals surface area (Å²) in [6.07, 6.45) is 0. The van der Waals surface area contributed by atoms with Crippen LogP contribution < -0.4 is 0 Å². The van der Waals surface area contributed by atoms with Crippen LogP contribution in [0.2, 0.25) is 0 Å². The summed E-state index contributed by atoms with van der Waals surface area (Å²) < 4.78 is 0. The molecule has 0 heterocycles. The number of fused-ring (bicyclic) bond motifs is 3. The van der Waals surface area contributed by atoms with Gasteiger partial charge in [0.05, 0.1) is 5.41 Å². The Morgan fingerprint density at radius 2 is 0.537 bits per heavy atom. The van der Waals surface area contributed by atoms with Crippen molar-refractivity contribution in [3.05, 3.63) is 301 Å². The highest BCUT2D eigenvalue weighted by molar-refractivity contribution is 6.00. The van der Waals surface area contributed by atoms with Crippen molar-refractivity contribution in [2.75, 3.05) is 0 Å². The van der Waals surface area contributed by atoms with Crippen LogP contribution >= 0.6 is 0 Å². The zero-order valence-electron chi connectivity index (χ0n) is 37.1. The molecule has 0 unspecified atom stereocenters. The summed E-state index contributed by atoms with van der Waals surface area (Å²) in [6.45, 7) is 0. The maximum absolute atomic E-state index is 2.49. The summed E-state index contributed by atoms with van der Waals surface area (Å²) in [5.74, 6) is 0. The largest absolute Gasteiger partial charge is 0.0714 e. The second-order valence-corrected chi connectivity index (χ2v) is 17.6. The van der Waals surface area contributed by atoms with E-state index < -0.39 is 5.41 Å². The van der Waals surface area contributed by atoms with Crippen molar-refractivity contribution in [1.29, 1.82) is 0 Å². The Labute approximate surface area is 393 Å². The average molecular weight is 851 g/mol. The standard InChI is InChI=1S/C67H46/c1-5-20-47(21-6-1)51-28-15-30-53(42-51)55-32-17-34-58(44-55)67(59-35-18-33-56(45-59)54-31-16-29-52(43-54)48-22-7-2-8-23-48)64-39-19-38-62(61-37-14-13-36-60(61)50-26-11-4-12-27-50)66(64)63-41-40-57(46-65(63)67)49-24-9-3-10-25-49/h1-46H. The Bertz CT molecular complexity index is 3420. The van der Waals surface area contributed by atoms with Gasteiger partial charge in [-0.3, -0.25) is 0 Å². The van der Waals surface area contributed by atoms with Crippen LogP contribution in [0.15, 0.2) is 279 Å². The molecule has 0 atom stereocenters. The fourth-order valence-corrected chi connectivity index (χ4v) is 10.7. The topological polar surface area (TPSA) is 0 Å². The summed E-state index contributed by atoms with van der Waals surface area (Å²) in [6, 6.07) is 103. The first-order chi connectivity index (χ1) is 33.2. The number of rotatable bonds is 9. The molecule has 0 aromatic heterocycles. The molecule has 12 rings (SSSR count). The van der Waals surface area contributed by atoms with E-state index in [0.29, 0.717) is 0 Å². The van der Waals surface area contributed by atoms with Gasteiger partial charge >= 0.3 is 0 Å². The fourth-order valence-electron chi connectivity index (χ4n) is 10.7. The lowest BCUT2D eigenvalue weighted by atomic mass is 9.66. The lowest BCUT2D eigenvalue weighted by Crippen LogP contribution is -2.28. The van der Waals surface area contributed by atoms with Crippen LogP contribution in [0.1, 0.15) is 22.3 Å². The second kappa shape index (κ2) is 17.1. The Kier molecular flexibility index (Phi) is 10.2. The molecular weight excluding hydrogens is 805 g/mol. The predicted molar refractivity (Wildman–Crippen MR) is 282 cm³/mol. The molecule has 0 spiro atoms. The van der Waals surface area contributed by atoms with Crippen LogP contribution in [0.3, 0.4) is 0 Å². The van der Waals surface area contributed by atoms with Crippen LogP contribution in [0.4, 0.5) is 0 Å². The van der Waals surface area contributed by atoms with Crippen LogP contribution in [0, 0.1) is 0 Å². The molecule has 0 bridgehead atoms. The van der Waals surface area contributed by atoms with E-state index in [1.54, 1.807) is 0 Å². The quantitative estimate of drug-likeness (QED) is 0.136. The van der Waals surface area contributed by atoms with Crippen molar-refractivity contribution < 1.29 is 0 Å². The van der Waals surface area contributed by atoms with Crippen LogP contribution in [-0.2, 0) is 5.41 Å². The summed E-state index contributed by atoms with van der Waals surface area (Å²) in [5.41, 5.74) is 23.7. The molecular formula is C67H46. The van der Waals surface area contributed by atoms with E-state index >= 15 is 0 Å². The normalized spacial score (nSPS) is 12.3. The minimum Gasteiger partial charge on any atom is -0.0622 e. The van der Waals surface area contributed by atoms with E-state index in [1.807, 2.05) is 0 Å². The first kappa shape index (κ1) is 40.0. The van der Waals surface area contributed by atoms with Gasteiger partial charge in [0, 0.05) is 0 Å². The highest BCUT2D eigenvalue weighted by Crippen LogP contribution is 2.60. The summed E-state index contributed by atoms with van der Waals surface area (Å²) >= 11 is 0. The molecule has 0 saturated heterocycles. The van der Waals surface area contributed by atoms with Crippen molar-refractivity contribution in [2.24, 2.45) is 0 Å². The molecule has 314 valence electrons. The molecule has 0 fully saturated rings. The molecule has 1 aliphatic rings. The van der Waals surface area contributed by atoms with Gasteiger partial charge in [0.2, 0.25) is 0 Å². The number of hydrogen-bond donors (Lipinski definition) is 0. The van der Waals surface area contributed by atoms with Gasteiger partial charge < -0.3 is 0 Å². The first-order valence-corrected chi connectivity index (χ1v) is 23.2. The summed E-state index contributed by atoms with van der Waals surface area (Å²) in [5, 5.41) is 0. The Balaban J connectivity index is 1.15. The SMILES string of the molecule is c1ccc(-c2cccc(-c3cccc(C4(c5cccc(-c6cccc(-c7ccccc7)c6)c5)c5cc(-c6ccccc6)ccc5-c5c(-c6ccccc6-c6ccccc6)cccc54)c3)c2)cc1. The van der Waals surface area contributed by atoms with Gasteiger partial charge in [0.15, 0.2) is 0 Å². The molecule has 11 aromatic rings. The van der Waals surface area contributed by atoms with Gasteiger partial charge in [0.1, 0.15) is 0 Å². The van der Waals surface area contributed by atoms with Gasteiger partial charge in [-0.05, 0) is 142 Å². The van der Waals surface area contributed by atoms with Crippen molar-refractivity contribution in [3.8, 4) is 89.0 Å². The molecule has 67 heavy (non-hydrogen) atoms. The maximum atomic E-state index is 2.49. The number of benzene rings is 11. The molecule has 0 aliphatic heterocycles. The minimum absolute atomic E-state index is 0.701. The van der Waals surface area contributed by atoms with E-state index in [4.69, 9.17) is 0 Å². The third-order valence-electron chi connectivity index (χ3n) is 13.8. The lowest BCUT2D eigenvalue weighted by molar-refractivity contribution is 0.769. The van der Waals surface area contributed by atoms with Gasteiger partial charge in [0.25, 0.3) is 0 Å². The van der Waals surface area contributed by atoms with E-state index in [0.717, 1.165) is 0 Å². The van der Waals surface area contributed by atoms with Gasteiger partial charge in [-0.15, -0.1) is 0 Å². The molecule has 0 saturated carbocycles. The maximum Gasteiger partial charge on any atom is 0.0714 e. The van der Waals surface area contributed by atoms with Gasteiger partial charge in [-0.25, -0.2) is 0 Å². The van der Waals surface area contributed by atoms with Gasteiger partial charge in [-0.2, -0.15) is 0 Å². The zero-order chi connectivity index (χ0) is 44.6. The molecule has 0 nitrogen and oxygen atoms in total. The molecule has 0 heteroatoms. The monoisotopic (exact) mass is 850 g/mol. The molecule has 11 aromatic carbocycles. The van der Waals surface area contributed by atoms with Crippen molar-refractivity contribution in [1.82, 2.24) is 0 Å². The number of hydrogen-bond acceptors (Lipinski definition) is 0. The Hall–Kier alpha value is -8.58. The van der Waals surface area contributed by atoms with Crippen LogP contribution in [0.5, 0.6) is 0 Å². The Morgan fingerprint density at radius 3 is 1.04 bits per heavy atom. The second-order valence-electron chi connectivity index (χ2n) is 17.6. The first-order valence-electron chi connectivity index (χ1n) is 23.2. The smallest absolute Gasteiger partial charge is 0.0622 e. The van der Waals surface area contributed by atoms with Crippen LogP contribution in [-0.4, -0.2) is 0 Å². The van der Waals surface area contributed by atoms with Crippen molar-refractivity contribution in [3.63, 3.8) is 0 Å². The minimum atomic E-state index is -0.701. The highest BCUT2D eigenvalue weighted by Gasteiger charge is 2.47. The lowest BCUT2D eigenvalue weighted by Gasteiger charge is -2.35. The molecule has 0 N–H and O–H groups in total. The molecule has 0 amide bonds. The Morgan fingerprint density at radius 1 is 0.179 bits per heavy atom. The van der Waals surface area contributed by atoms with Crippen LogP contribution in [0.25, 0.3) is 89.0 Å². The van der Waals surface area contributed by atoms with E-state index in [9.17, 15) is 0 Å². The summed E-state index contributed by atoms with van der Waals surface area (Å²) in [7, 11) is 0. The predicted octanol–water partition coefficient (Wildman–Crippen LogP) is 17.7. The molecule has 1 aliphatic carbocycles.